The molecular formula is C23H23F3N4O2S. The maximum atomic E-state index is 13.8. The van der Waals surface area contributed by atoms with Crippen LogP contribution in [0.25, 0.3) is 11.3 Å². The van der Waals surface area contributed by atoms with Gasteiger partial charge >= 0.3 is 0 Å². The molecule has 1 heterocycles. The first-order valence-electron chi connectivity index (χ1n) is 10.2. The van der Waals surface area contributed by atoms with E-state index in [-0.39, 0.29) is 19.0 Å². The molecule has 0 fully saturated rings. The molecule has 0 spiro atoms. The highest BCUT2D eigenvalue weighted by atomic mass is 32.1. The number of halogens is 3. The number of aryl methyl sites for hydroxylation is 1. The number of anilines is 2. The minimum absolute atomic E-state index is 0.0818. The Morgan fingerprint density at radius 3 is 2.42 bits per heavy atom. The van der Waals surface area contributed by atoms with Crippen LogP contribution in [0.3, 0.4) is 0 Å². The molecule has 0 unspecified atom stereocenters. The Morgan fingerprint density at radius 1 is 1.03 bits per heavy atom. The lowest BCUT2D eigenvalue weighted by Crippen LogP contribution is -2.39. The van der Waals surface area contributed by atoms with Gasteiger partial charge in [0.15, 0.2) is 17.5 Å². The Labute approximate surface area is 193 Å². The van der Waals surface area contributed by atoms with Crippen LogP contribution < -0.4 is 10.6 Å². The number of nitrogens with one attached hydrogen (secondary N) is 2. The molecule has 174 valence electrons. The lowest BCUT2D eigenvalue weighted by molar-refractivity contribution is -0.120. The third-order valence-corrected chi connectivity index (χ3v) is 5.42. The van der Waals surface area contributed by atoms with Crippen LogP contribution >= 0.6 is 11.3 Å². The summed E-state index contributed by atoms with van der Waals surface area (Å²) in [6, 6.07) is 8.95. The van der Waals surface area contributed by atoms with Crippen molar-refractivity contribution in [3.05, 3.63) is 64.2 Å². The number of hydrogen-bond acceptors (Lipinski definition) is 5. The van der Waals surface area contributed by atoms with E-state index >= 15 is 0 Å². The molecule has 2 N–H and O–H groups in total. The predicted molar refractivity (Wildman–Crippen MR) is 123 cm³/mol. The van der Waals surface area contributed by atoms with Crippen LogP contribution in [0.2, 0.25) is 0 Å². The molecule has 0 bridgehead atoms. The number of carbonyl (C=O) groups excluding carboxylic acids is 2. The van der Waals surface area contributed by atoms with Crippen molar-refractivity contribution < 1.29 is 22.8 Å². The predicted octanol–water partition coefficient (Wildman–Crippen LogP) is 4.83. The van der Waals surface area contributed by atoms with E-state index in [0.717, 1.165) is 28.4 Å². The van der Waals surface area contributed by atoms with Gasteiger partial charge in [-0.3, -0.25) is 14.5 Å². The molecule has 0 saturated heterocycles. The fourth-order valence-electron chi connectivity index (χ4n) is 3.20. The summed E-state index contributed by atoms with van der Waals surface area (Å²) in [4.78, 5) is 30.9. The maximum Gasteiger partial charge on any atom is 0.238 e. The topological polar surface area (TPSA) is 74.3 Å². The van der Waals surface area contributed by atoms with Gasteiger partial charge < -0.3 is 10.6 Å². The first kappa shape index (κ1) is 24.4. The molecular weight excluding hydrogens is 453 g/mol. The molecule has 0 aliphatic carbocycles. The molecule has 6 nitrogen and oxygen atoms in total. The Balaban J connectivity index is 1.61. The lowest BCUT2D eigenvalue weighted by atomic mass is 10.1. The molecule has 3 rings (SSSR count). The van der Waals surface area contributed by atoms with Crippen molar-refractivity contribution in [2.24, 2.45) is 0 Å². The van der Waals surface area contributed by atoms with E-state index < -0.39 is 29.0 Å². The number of thiazole rings is 1. The first-order chi connectivity index (χ1) is 15.8. The summed E-state index contributed by atoms with van der Waals surface area (Å²) in [5, 5.41) is 7.90. The Bertz CT molecular complexity index is 1150. The van der Waals surface area contributed by atoms with Crippen LogP contribution in [-0.2, 0) is 9.59 Å². The maximum absolute atomic E-state index is 13.8. The minimum Gasteiger partial charge on any atom is -0.325 e. The number of aromatic nitrogens is 1. The molecule has 0 aliphatic rings. The number of amides is 2. The van der Waals surface area contributed by atoms with E-state index in [2.05, 4.69) is 15.6 Å². The van der Waals surface area contributed by atoms with E-state index in [1.807, 2.05) is 37.4 Å². The van der Waals surface area contributed by atoms with Gasteiger partial charge in [-0.15, -0.1) is 11.3 Å². The largest absolute Gasteiger partial charge is 0.325 e. The number of nitrogens with zero attached hydrogens (tertiary/aromatic N) is 2. The number of benzene rings is 2. The molecule has 33 heavy (non-hydrogen) atoms. The van der Waals surface area contributed by atoms with Crippen molar-refractivity contribution in [3.8, 4) is 11.3 Å². The molecule has 2 aromatic carbocycles. The van der Waals surface area contributed by atoms with Gasteiger partial charge in [0.2, 0.25) is 11.8 Å². The van der Waals surface area contributed by atoms with Gasteiger partial charge in [0.05, 0.1) is 29.5 Å². The highest BCUT2D eigenvalue weighted by Gasteiger charge is 2.18. The summed E-state index contributed by atoms with van der Waals surface area (Å²) in [7, 11) is 0. The van der Waals surface area contributed by atoms with Crippen molar-refractivity contribution in [1.29, 1.82) is 0 Å². The van der Waals surface area contributed by atoms with Crippen molar-refractivity contribution >= 4 is 34.5 Å². The zero-order chi connectivity index (χ0) is 24.0. The second kappa shape index (κ2) is 11.1. The Morgan fingerprint density at radius 2 is 1.76 bits per heavy atom. The highest BCUT2D eigenvalue weighted by Crippen LogP contribution is 2.24. The van der Waals surface area contributed by atoms with Crippen LogP contribution in [0.4, 0.5) is 24.5 Å². The summed E-state index contributed by atoms with van der Waals surface area (Å²) in [5.41, 5.74) is 1.82. The van der Waals surface area contributed by atoms with Crippen molar-refractivity contribution in [2.45, 2.75) is 20.3 Å². The van der Waals surface area contributed by atoms with Gasteiger partial charge in [0.25, 0.3) is 0 Å². The summed E-state index contributed by atoms with van der Waals surface area (Å²) in [6.45, 7) is 3.93. The summed E-state index contributed by atoms with van der Waals surface area (Å²) in [5.74, 6) is -5.46. The smallest absolute Gasteiger partial charge is 0.238 e. The summed E-state index contributed by atoms with van der Waals surface area (Å²) < 4.78 is 40.2. The average molecular weight is 477 g/mol. The fourth-order valence-corrected chi connectivity index (χ4v) is 3.82. The van der Waals surface area contributed by atoms with Crippen molar-refractivity contribution in [1.82, 2.24) is 9.88 Å². The van der Waals surface area contributed by atoms with Crippen LogP contribution in [0, 0.1) is 24.4 Å². The van der Waals surface area contributed by atoms with Crippen molar-refractivity contribution in [3.63, 3.8) is 0 Å². The zero-order valence-corrected chi connectivity index (χ0v) is 18.9. The molecule has 10 heteroatoms. The molecule has 2 amide bonds. The van der Waals surface area contributed by atoms with E-state index in [4.69, 9.17) is 0 Å². The SMILES string of the molecule is CCCN(CC(=O)Nc1cccc(-c2csc(C)n2)c1)CC(=O)Nc1ccc(F)c(F)c1F. The van der Waals surface area contributed by atoms with Crippen LogP contribution in [-0.4, -0.2) is 41.3 Å². The molecule has 0 atom stereocenters. The zero-order valence-electron chi connectivity index (χ0n) is 18.1. The molecule has 0 aliphatic heterocycles. The van der Waals surface area contributed by atoms with Gasteiger partial charge in [-0.05, 0) is 44.2 Å². The summed E-state index contributed by atoms with van der Waals surface area (Å²) in [6.07, 6.45) is 0.665. The lowest BCUT2D eigenvalue weighted by Gasteiger charge is -2.21. The van der Waals surface area contributed by atoms with E-state index in [1.165, 1.54) is 11.3 Å². The number of rotatable bonds is 9. The standard InChI is InChI=1S/C23H23F3N4O2S/c1-3-9-30(12-21(32)29-18-8-7-17(24)22(25)23(18)26)11-20(31)28-16-6-4-5-15(10-16)19-13-33-14(2)27-19/h4-8,10,13H,3,9,11-12H2,1-2H3,(H,28,31)(H,29,32). The Kier molecular flexibility index (Phi) is 8.18. The third-order valence-electron chi connectivity index (χ3n) is 4.64. The second-order valence-corrected chi connectivity index (χ2v) is 8.42. The molecule has 0 saturated carbocycles. The van der Waals surface area contributed by atoms with E-state index in [0.29, 0.717) is 18.7 Å². The first-order valence-corrected chi connectivity index (χ1v) is 11.1. The second-order valence-electron chi connectivity index (χ2n) is 7.36. The minimum atomic E-state index is -1.66. The van der Waals surface area contributed by atoms with Crippen LogP contribution in [0.5, 0.6) is 0 Å². The fraction of sp³-hybridized carbons (Fsp3) is 0.261. The van der Waals surface area contributed by atoms with Crippen LogP contribution in [0.15, 0.2) is 41.8 Å². The molecule has 0 radical (unpaired) electrons. The third kappa shape index (κ3) is 6.62. The highest BCUT2D eigenvalue weighted by molar-refractivity contribution is 7.09. The van der Waals surface area contributed by atoms with Gasteiger partial charge in [-0.1, -0.05) is 19.1 Å². The molecule has 1 aromatic heterocycles. The monoisotopic (exact) mass is 476 g/mol. The van der Waals surface area contributed by atoms with Gasteiger partial charge in [-0.25, -0.2) is 18.2 Å². The van der Waals surface area contributed by atoms with Gasteiger partial charge in [0.1, 0.15) is 0 Å². The average Bonchev–Trinajstić information content (AvgIpc) is 3.21. The van der Waals surface area contributed by atoms with Crippen molar-refractivity contribution in [2.75, 3.05) is 30.3 Å². The normalized spacial score (nSPS) is 11.0. The van der Waals surface area contributed by atoms with E-state index in [1.54, 1.807) is 11.0 Å². The van der Waals surface area contributed by atoms with Crippen LogP contribution in [0.1, 0.15) is 18.4 Å². The summed E-state index contributed by atoms with van der Waals surface area (Å²) >= 11 is 1.54. The van der Waals surface area contributed by atoms with Gasteiger partial charge in [0, 0.05) is 16.6 Å². The number of hydrogen-bond donors (Lipinski definition) is 2. The number of carbonyl (C=O) groups is 2. The quantitative estimate of drug-likeness (QED) is 0.434. The Hall–Kier alpha value is -3.24. The van der Waals surface area contributed by atoms with Gasteiger partial charge in [-0.2, -0.15) is 0 Å². The van der Waals surface area contributed by atoms with E-state index in [9.17, 15) is 22.8 Å². The molecule has 3 aromatic rings.